The lowest BCUT2D eigenvalue weighted by Crippen LogP contribution is -2.16. The highest BCUT2D eigenvalue weighted by molar-refractivity contribution is 14.1. The molecule has 13 heavy (non-hydrogen) atoms. The second kappa shape index (κ2) is 7.04. The summed E-state index contributed by atoms with van der Waals surface area (Å²) in [5.74, 6) is 0. The molecule has 0 amide bonds. The summed E-state index contributed by atoms with van der Waals surface area (Å²) in [6.07, 6.45) is 6.84. The van der Waals surface area contributed by atoms with Gasteiger partial charge >= 0.3 is 0 Å². The summed E-state index contributed by atoms with van der Waals surface area (Å²) in [5, 5.41) is 0. The normalized spacial score (nSPS) is 13.5. The maximum atomic E-state index is 2.53. The zero-order valence-corrected chi connectivity index (χ0v) is 12.6. The molecule has 0 unspecified atom stereocenters. The van der Waals surface area contributed by atoms with E-state index in [1.807, 2.05) is 0 Å². The maximum Gasteiger partial charge on any atom is 0.0696 e. The van der Waals surface area contributed by atoms with E-state index in [1.165, 1.54) is 32.1 Å². The van der Waals surface area contributed by atoms with Crippen molar-refractivity contribution < 1.29 is 0 Å². The lowest BCUT2D eigenvalue weighted by atomic mass is 10.2. The van der Waals surface area contributed by atoms with Crippen LogP contribution in [0.1, 0.15) is 39.0 Å². The number of hydrogen-bond donors (Lipinski definition) is 0. The molecule has 0 radical (unpaired) electrons. The molecule has 0 aliphatic heterocycles. The smallest absolute Gasteiger partial charge is 0.0696 e. The van der Waals surface area contributed by atoms with E-state index >= 15 is 0 Å². The largest absolute Gasteiger partial charge is 0.0859 e. The fourth-order valence-electron chi connectivity index (χ4n) is 1.26. The topological polar surface area (TPSA) is 0 Å². The Labute approximate surface area is 98.3 Å². The minimum Gasteiger partial charge on any atom is -0.0859 e. The van der Waals surface area contributed by atoms with Crippen molar-refractivity contribution in [2.24, 2.45) is 0 Å². The molecule has 0 fully saturated rings. The Hall–Kier alpha value is 0.687. The van der Waals surface area contributed by atoms with Crippen LogP contribution in [0.15, 0.2) is 9.28 Å². The fraction of sp³-hybridized carbons (Fsp3) is 0.818. The van der Waals surface area contributed by atoms with Gasteiger partial charge in [0.25, 0.3) is 0 Å². The zero-order chi connectivity index (χ0) is 10.3. The van der Waals surface area contributed by atoms with Gasteiger partial charge in [-0.15, -0.1) is 0 Å². The van der Waals surface area contributed by atoms with Gasteiger partial charge in [0, 0.05) is 0 Å². The second-order valence-electron chi connectivity index (χ2n) is 4.77. The van der Waals surface area contributed by atoms with E-state index in [0.29, 0.717) is 0 Å². The van der Waals surface area contributed by atoms with E-state index < -0.39 is 8.07 Å². The van der Waals surface area contributed by atoms with Crippen molar-refractivity contribution in [2.75, 3.05) is 0 Å². The van der Waals surface area contributed by atoms with E-state index in [2.05, 4.69) is 54.9 Å². The molecular formula is C11H23ISi. The summed E-state index contributed by atoms with van der Waals surface area (Å²) in [7, 11) is -0.958. The molecule has 0 nitrogen and oxygen atoms in total. The summed E-state index contributed by atoms with van der Waals surface area (Å²) in [4.78, 5) is 0. The third kappa shape index (κ3) is 10.6. The van der Waals surface area contributed by atoms with Crippen molar-refractivity contribution in [1.82, 2.24) is 0 Å². The molecule has 0 N–H and O–H groups in total. The molecule has 0 aromatic carbocycles. The van der Waals surface area contributed by atoms with Gasteiger partial charge < -0.3 is 0 Å². The van der Waals surface area contributed by atoms with Gasteiger partial charge in [0.15, 0.2) is 0 Å². The van der Waals surface area contributed by atoms with Gasteiger partial charge in [-0.25, -0.2) is 0 Å². The predicted molar refractivity (Wildman–Crippen MR) is 74.2 cm³/mol. The third-order valence-electron chi connectivity index (χ3n) is 1.86. The Morgan fingerprint density at radius 3 is 2.23 bits per heavy atom. The zero-order valence-electron chi connectivity index (χ0n) is 9.49. The number of allylic oxidation sites excluding steroid dienone is 1. The van der Waals surface area contributed by atoms with Crippen LogP contribution in [0.3, 0.4) is 0 Å². The van der Waals surface area contributed by atoms with Crippen molar-refractivity contribution >= 4 is 30.7 Å². The van der Waals surface area contributed by atoms with E-state index in [0.717, 1.165) is 0 Å². The van der Waals surface area contributed by atoms with Gasteiger partial charge in [0.05, 0.1) is 8.07 Å². The molecule has 0 saturated heterocycles. The van der Waals surface area contributed by atoms with Crippen LogP contribution in [0.4, 0.5) is 0 Å². The third-order valence-corrected chi connectivity index (χ3v) is 4.51. The second-order valence-corrected chi connectivity index (χ2v) is 11.2. The van der Waals surface area contributed by atoms with Crippen LogP contribution in [0.5, 0.6) is 0 Å². The molecule has 0 atom stereocenters. The van der Waals surface area contributed by atoms with Crippen molar-refractivity contribution in [3.8, 4) is 0 Å². The van der Waals surface area contributed by atoms with Gasteiger partial charge in [-0.3, -0.25) is 0 Å². The van der Waals surface area contributed by atoms with Crippen LogP contribution < -0.4 is 0 Å². The molecule has 0 aliphatic carbocycles. The maximum absolute atomic E-state index is 2.53. The van der Waals surface area contributed by atoms with Gasteiger partial charge in [-0.2, -0.15) is 0 Å². The van der Waals surface area contributed by atoms with Gasteiger partial charge in [0.2, 0.25) is 0 Å². The molecule has 0 spiro atoms. The predicted octanol–water partition coefficient (Wildman–Crippen LogP) is 5.15. The molecule has 0 aliphatic rings. The molecule has 0 saturated carbocycles. The van der Waals surface area contributed by atoms with Crippen LogP contribution in [-0.2, 0) is 0 Å². The van der Waals surface area contributed by atoms with Crippen molar-refractivity contribution in [1.29, 1.82) is 0 Å². The number of hydrogen-bond acceptors (Lipinski definition) is 0. The molecular weight excluding hydrogens is 287 g/mol. The minimum atomic E-state index is -0.958. The molecule has 78 valence electrons. The SMILES string of the molecule is CCCCCC/C(I)=C/[Si](C)(C)C. The summed E-state index contributed by atoms with van der Waals surface area (Å²) in [6.45, 7) is 9.47. The first-order valence-electron chi connectivity index (χ1n) is 5.33. The van der Waals surface area contributed by atoms with Gasteiger partial charge in [-0.1, -0.05) is 51.5 Å². The number of halogens is 1. The highest BCUT2D eigenvalue weighted by Crippen LogP contribution is 2.19. The lowest BCUT2D eigenvalue weighted by Gasteiger charge is -2.10. The first-order chi connectivity index (χ1) is 5.95. The van der Waals surface area contributed by atoms with Crippen molar-refractivity contribution in [2.45, 2.75) is 58.7 Å². The lowest BCUT2D eigenvalue weighted by molar-refractivity contribution is 0.673. The van der Waals surface area contributed by atoms with Gasteiger partial charge in [-0.05, 0) is 39.0 Å². The highest BCUT2D eigenvalue weighted by Gasteiger charge is 2.09. The van der Waals surface area contributed by atoms with E-state index in [9.17, 15) is 0 Å². The van der Waals surface area contributed by atoms with E-state index in [4.69, 9.17) is 0 Å². The molecule has 0 aromatic heterocycles. The van der Waals surface area contributed by atoms with Crippen LogP contribution in [0.25, 0.3) is 0 Å². The quantitative estimate of drug-likeness (QED) is 0.361. The van der Waals surface area contributed by atoms with Gasteiger partial charge in [0.1, 0.15) is 0 Å². The summed E-state index contributed by atoms with van der Waals surface area (Å²) < 4.78 is 1.59. The number of unbranched alkanes of at least 4 members (excludes halogenated alkanes) is 3. The molecule has 0 heterocycles. The average molecular weight is 310 g/mol. The molecule has 0 aromatic rings. The number of rotatable bonds is 6. The summed E-state index contributed by atoms with van der Waals surface area (Å²) in [5.41, 5.74) is 2.53. The monoisotopic (exact) mass is 310 g/mol. The van der Waals surface area contributed by atoms with E-state index in [1.54, 1.807) is 3.58 Å². The Morgan fingerprint density at radius 2 is 1.77 bits per heavy atom. The Morgan fingerprint density at radius 1 is 1.15 bits per heavy atom. The highest BCUT2D eigenvalue weighted by atomic mass is 127. The Balaban J connectivity index is 3.62. The Kier molecular flexibility index (Phi) is 7.41. The van der Waals surface area contributed by atoms with Crippen LogP contribution in [0, 0.1) is 0 Å². The minimum absolute atomic E-state index is 0.958. The van der Waals surface area contributed by atoms with Crippen LogP contribution in [0.2, 0.25) is 19.6 Å². The van der Waals surface area contributed by atoms with Crippen molar-refractivity contribution in [3.63, 3.8) is 0 Å². The first-order valence-corrected chi connectivity index (χ1v) is 9.98. The molecule has 0 bridgehead atoms. The Bertz CT molecular complexity index is 156. The average Bonchev–Trinajstić information content (AvgIpc) is 1.94. The van der Waals surface area contributed by atoms with Crippen LogP contribution >= 0.6 is 22.6 Å². The fourth-order valence-corrected chi connectivity index (χ4v) is 5.53. The molecule has 0 rings (SSSR count). The standard InChI is InChI=1S/C11H23ISi/c1-5-6-7-8-9-11(12)10-13(2,3)4/h10H,5-9H2,1-4H3/b11-10-. The van der Waals surface area contributed by atoms with Crippen LogP contribution in [-0.4, -0.2) is 8.07 Å². The van der Waals surface area contributed by atoms with Crippen molar-refractivity contribution in [3.05, 3.63) is 9.28 Å². The summed E-state index contributed by atoms with van der Waals surface area (Å²) in [6, 6.07) is 0. The first kappa shape index (κ1) is 13.7. The summed E-state index contributed by atoms with van der Waals surface area (Å²) >= 11 is 2.51. The molecule has 2 heteroatoms. The van der Waals surface area contributed by atoms with E-state index in [-0.39, 0.29) is 0 Å².